The van der Waals surface area contributed by atoms with Gasteiger partial charge in [0.2, 0.25) is 5.82 Å². The van der Waals surface area contributed by atoms with Crippen LogP contribution in [-0.4, -0.2) is 69.1 Å². The van der Waals surface area contributed by atoms with Crippen LogP contribution in [0.1, 0.15) is 23.2 Å². The number of amides is 1. The second kappa shape index (κ2) is 5.73. The van der Waals surface area contributed by atoms with Crippen molar-refractivity contribution in [2.45, 2.75) is 18.9 Å². The third-order valence-electron chi connectivity index (χ3n) is 4.96. The molecule has 120 valence electrons. The van der Waals surface area contributed by atoms with Crippen molar-refractivity contribution >= 4 is 5.91 Å². The van der Waals surface area contributed by atoms with E-state index in [2.05, 4.69) is 37.5 Å². The summed E-state index contributed by atoms with van der Waals surface area (Å²) in [6, 6.07) is 7.82. The molecule has 2 aliphatic heterocycles. The van der Waals surface area contributed by atoms with Crippen LogP contribution in [0.25, 0.3) is 11.4 Å². The van der Waals surface area contributed by atoms with Crippen molar-refractivity contribution in [3.63, 3.8) is 0 Å². The van der Waals surface area contributed by atoms with Gasteiger partial charge in [-0.3, -0.25) is 4.79 Å². The van der Waals surface area contributed by atoms with E-state index in [1.165, 1.54) is 6.42 Å². The standard InChI is InChI=1S/C16H20N6O/c1-21-9-13-3-2-8-22(14(13)10-21)16(23)12-6-4-11(5-7-12)15-17-19-20-18-15/h4-7,13-14H,2-3,8-10H2,1H3,(H,17,18,19,20)/t13-,14+/m0/s1. The number of aromatic nitrogens is 4. The van der Waals surface area contributed by atoms with Gasteiger partial charge in [-0.05, 0) is 43.2 Å². The van der Waals surface area contributed by atoms with Gasteiger partial charge in [0, 0.05) is 36.8 Å². The Morgan fingerprint density at radius 2 is 2.09 bits per heavy atom. The number of tetrazole rings is 1. The van der Waals surface area contributed by atoms with Gasteiger partial charge in [0.05, 0.1) is 0 Å². The first-order valence-electron chi connectivity index (χ1n) is 8.06. The van der Waals surface area contributed by atoms with E-state index in [-0.39, 0.29) is 5.91 Å². The van der Waals surface area contributed by atoms with Gasteiger partial charge in [-0.15, -0.1) is 10.2 Å². The van der Waals surface area contributed by atoms with Gasteiger partial charge in [0.15, 0.2) is 0 Å². The van der Waals surface area contributed by atoms with Gasteiger partial charge in [-0.1, -0.05) is 12.1 Å². The fraction of sp³-hybridized carbons (Fsp3) is 0.500. The minimum absolute atomic E-state index is 0.134. The number of rotatable bonds is 2. The summed E-state index contributed by atoms with van der Waals surface area (Å²) in [5, 5.41) is 13.9. The van der Waals surface area contributed by atoms with Crippen LogP contribution in [0.5, 0.6) is 0 Å². The summed E-state index contributed by atoms with van der Waals surface area (Å²) in [7, 11) is 2.14. The maximum absolute atomic E-state index is 12.9. The maximum Gasteiger partial charge on any atom is 0.254 e. The molecule has 2 saturated heterocycles. The molecule has 2 fully saturated rings. The number of likely N-dealkylation sites (N-methyl/N-ethyl adjacent to an activating group) is 1. The second-order valence-electron chi connectivity index (χ2n) is 6.50. The molecule has 0 radical (unpaired) electrons. The molecule has 0 bridgehead atoms. The third-order valence-corrected chi connectivity index (χ3v) is 4.96. The van der Waals surface area contributed by atoms with Crippen molar-refractivity contribution in [2.75, 3.05) is 26.7 Å². The summed E-state index contributed by atoms with van der Waals surface area (Å²) in [6.07, 6.45) is 2.33. The molecule has 4 rings (SSSR count). The summed E-state index contributed by atoms with van der Waals surface area (Å²) in [6.45, 7) is 2.95. The van der Waals surface area contributed by atoms with Crippen molar-refractivity contribution in [3.05, 3.63) is 29.8 Å². The molecule has 1 aromatic heterocycles. The van der Waals surface area contributed by atoms with Crippen LogP contribution >= 0.6 is 0 Å². The minimum atomic E-state index is 0.134. The number of hydrogen-bond donors (Lipinski definition) is 1. The Labute approximate surface area is 134 Å². The lowest BCUT2D eigenvalue weighted by Gasteiger charge is -2.37. The molecule has 1 N–H and O–H groups in total. The minimum Gasteiger partial charge on any atom is -0.334 e. The highest BCUT2D eigenvalue weighted by Gasteiger charge is 2.39. The molecule has 2 aliphatic rings. The van der Waals surface area contributed by atoms with Crippen LogP contribution in [0, 0.1) is 5.92 Å². The topological polar surface area (TPSA) is 78.0 Å². The van der Waals surface area contributed by atoms with E-state index in [4.69, 9.17) is 0 Å². The Balaban J connectivity index is 1.54. The Morgan fingerprint density at radius 3 is 2.83 bits per heavy atom. The summed E-state index contributed by atoms with van der Waals surface area (Å²) in [5.41, 5.74) is 1.58. The molecule has 0 spiro atoms. The first-order chi connectivity index (χ1) is 11.2. The number of H-pyrrole nitrogens is 1. The average Bonchev–Trinajstić information content (AvgIpc) is 3.22. The zero-order valence-corrected chi connectivity index (χ0v) is 13.1. The molecular formula is C16H20N6O. The fourth-order valence-electron chi connectivity index (χ4n) is 3.86. The molecule has 7 heteroatoms. The molecule has 1 aromatic carbocycles. The summed E-state index contributed by atoms with van der Waals surface area (Å²) < 4.78 is 0. The molecule has 3 heterocycles. The lowest BCUT2D eigenvalue weighted by atomic mass is 9.91. The van der Waals surface area contributed by atoms with Crippen LogP contribution in [0.2, 0.25) is 0 Å². The number of fused-ring (bicyclic) bond motifs is 1. The van der Waals surface area contributed by atoms with E-state index < -0.39 is 0 Å². The number of nitrogens with one attached hydrogen (secondary N) is 1. The molecular weight excluding hydrogens is 292 g/mol. The highest BCUT2D eigenvalue weighted by atomic mass is 16.2. The fourth-order valence-corrected chi connectivity index (χ4v) is 3.86. The third kappa shape index (κ3) is 2.61. The molecule has 0 unspecified atom stereocenters. The van der Waals surface area contributed by atoms with Crippen molar-refractivity contribution < 1.29 is 4.79 Å². The summed E-state index contributed by atoms with van der Waals surface area (Å²) in [4.78, 5) is 17.3. The average molecular weight is 312 g/mol. The zero-order valence-electron chi connectivity index (χ0n) is 13.1. The van der Waals surface area contributed by atoms with E-state index >= 15 is 0 Å². The largest absolute Gasteiger partial charge is 0.334 e. The highest BCUT2D eigenvalue weighted by molar-refractivity contribution is 5.95. The van der Waals surface area contributed by atoms with Gasteiger partial charge < -0.3 is 9.80 Å². The molecule has 0 saturated carbocycles. The summed E-state index contributed by atoms with van der Waals surface area (Å²) in [5.74, 6) is 1.30. The molecule has 0 aliphatic carbocycles. The van der Waals surface area contributed by atoms with Crippen LogP contribution in [0.3, 0.4) is 0 Å². The molecule has 7 nitrogen and oxygen atoms in total. The van der Waals surface area contributed by atoms with E-state index in [1.54, 1.807) is 0 Å². The number of carbonyl (C=O) groups is 1. The van der Waals surface area contributed by atoms with Gasteiger partial charge in [-0.2, -0.15) is 5.21 Å². The van der Waals surface area contributed by atoms with E-state index in [1.807, 2.05) is 24.3 Å². The lowest BCUT2D eigenvalue weighted by Crippen LogP contribution is -2.48. The molecule has 2 atom stereocenters. The SMILES string of the molecule is CN1C[C@@H]2CCCN(C(=O)c3ccc(-c4nn[nH]n4)cc3)[C@@H]2C1. The normalized spacial score (nSPS) is 24.7. The zero-order chi connectivity index (χ0) is 15.8. The number of hydrogen-bond acceptors (Lipinski definition) is 5. The number of benzene rings is 1. The number of aromatic amines is 1. The van der Waals surface area contributed by atoms with Gasteiger partial charge in [0.1, 0.15) is 0 Å². The van der Waals surface area contributed by atoms with Crippen LogP contribution in [0.4, 0.5) is 0 Å². The quantitative estimate of drug-likeness (QED) is 0.896. The first kappa shape index (κ1) is 14.3. The Morgan fingerprint density at radius 1 is 1.26 bits per heavy atom. The van der Waals surface area contributed by atoms with E-state index in [9.17, 15) is 4.79 Å². The molecule has 1 amide bonds. The van der Waals surface area contributed by atoms with Crippen molar-refractivity contribution in [2.24, 2.45) is 5.92 Å². The van der Waals surface area contributed by atoms with Crippen LogP contribution in [0.15, 0.2) is 24.3 Å². The van der Waals surface area contributed by atoms with Crippen molar-refractivity contribution in [1.29, 1.82) is 0 Å². The van der Waals surface area contributed by atoms with Crippen LogP contribution in [-0.2, 0) is 0 Å². The molecule has 23 heavy (non-hydrogen) atoms. The second-order valence-corrected chi connectivity index (χ2v) is 6.50. The lowest BCUT2D eigenvalue weighted by molar-refractivity contribution is 0.0572. The van der Waals surface area contributed by atoms with Crippen molar-refractivity contribution in [1.82, 2.24) is 30.4 Å². The predicted octanol–water partition coefficient (Wildman–Crippen LogP) is 1.03. The Bertz CT molecular complexity index is 683. The van der Waals surface area contributed by atoms with Crippen LogP contribution < -0.4 is 0 Å². The molecule has 2 aromatic rings. The van der Waals surface area contributed by atoms with E-state index in [0.717, 1.165) is 37.2 Å². The number of carbonyl (C=O) groups excluding carboxylic acids is 1. The first-order valence-corrected chi connectivity index (χ1v) is 8.06. The maximum atomic E-state index is 12.9. The van der Waals surface area contributed by atoms with Gasteiger partial charge in [0.25, 0.3) is 5.91 Å². The number of likely N-dealkylation sites (tertiary alicyclic amines) is 2. The Hall–Kier alpha value is -2.28. The van der Waals surface area contributed by atoms with Gasteiger partial charge >= 0.3 is 0 Å². The Kier molecular flexibility index (Phi) is 3.57. The number of piperidine rings is 1. The predicted molar refractivity (Wildman–Crippen MR) is 84.7 cm³/mol. The van der Waals surface area contributed by atoms with Gasteiger partial charge in [-0.25, -0.2) is 0 Å². The number of nitrogens with zero attached hydrogens (tertiary/aromatic N) is 5. The van der Waals surface area contributed by atoms with Crippen molar-refractivity contribution in [3.8, 4) is 11.4 Å². The smallest absolute Gasteiger partial charge is 0.254 e. The monoisotopic (exact) mass is 312 g/mol. The summed E-state index contributed by atoms with van der Waals surface area (Å²) >= 11 is 0. The van der Waals surface area contributed by atoms with E-state index in [0.29, 0.717) is 17.8 Å². The highest BCUT2D eigenvalue weighted by Crippen LogP contribution is 2.31.